The van der Waals surface area contributed by atoms with Gasteiger partial charge in [-0.3, -0.25) is 19.5 Å². The summed E-state index contributed by atoms with van der Waals surface area (Å²) in [5.41, 5.74) is 4.69. The van der Waals surface area contributed by atoms with Gasteiger partial charge in [0.25, 0.3) is 11.5 Å². The predicted molar refractivity (Wildman–Crippen MR) is 127 cm³/mol. The smallest absolute Gasteiger partial charge is 0.270 e. The van der Waals surface area contributed by atoms with E-state index in [-0.39, 0.29) is 24.1 Å². The lowest BCUT2D eigenvalue weighted by Gasteiger charge is -2.36. The molecule has 174 valence electrons. The van der Waals surface area contributed by atoms with Crippen LogP contribution < -0.4 is 15.8 Å². The van der Waals surface area contributed by atoms with Crippen LogP contribution in [0.5, 0.6) is 0 Å². The second-order valence-electron chi connectivity index (χ2n) is 8.48. The van der Waals surface area contributed by atoms with Gasteiger partial charge in [-0.2, -0.15) is 0 Å². The Kier molecular flexibility index (Phi) is 7.00. The molecule has 0 saturated carbocycles. The van der Waals surface area contributed by atoms with E-state index in [0.717, 1.165) is 60.6 Å². The summed E-state index contributed by atoms with van der Waals surface area (Å²) in [7, 11) is 0. The normalized spacial score (nSPS) is 15.5. The Morgan fingerprint density at radius 3 is 2.64 bits per heavy atom. The maximum atomic E-state index is 12.1. The van der Waals surface area contributed by atoms with Crippen LogP contribution in [0.25, 0.3) is 11.0 Å². The molecule has 4 rings (SSSR count). The number of hydrogen-bond acceptors (Lipinski definition) is 7. The van der Waals surface area contributed by atoms with Crippen molar-refractivity contribution in [1.29, 1.82) is 0 Å². The summed E-state index contributed by atoms with van der Waals surface area (Å²) in [5.74, 6) is -0.288. The number of aliphatic hydroxyl groups excluding tert-OH is 1. The Bertz CT molecular complexity index is 1170. The zero-order chi connectivity index (χ0) is 23.4. The number of aromatic amines is 1. The molecule has 1 amide bonds. The Labute approximate surface area is 192 Å². The lowest BCUT2D eigenvalue weighted by molar-refractivity contribution is 0.0917. The third-order valence-electron chi connectivity index (χ3n) is 5.98. The highest BCUT2D eigenvalue weighted by Crippen LogP contribution is 2.18. The van der Waals surface area contributed by atoms with Gasteiger partial charge < -0.3 is 20.3 Å². The van der Waals surface area contributed by atoms with E-state index < -0.39 is 0 Å². The Hall–Kier alpha value is -3.30. The minimum absolute atomic E-state index is 0.0439. The number of fused-ring (bicyclic) bond motifs is 1. The number of carbonyl (C=O) groups is 1. The monoisotopic (exact) mass is 450 g/mol. The van der Waals surface area contributed by atoms with E-state index in [4.69, 9.17) is 5.11 Å². The summed E-state index contributed by atoms with van der Waals surface area (Å²) in [6.45, 7) is 7.85. The van der Waals surface area contributed by atoms with E-state index in [0.29, 0.717) is 12.1 Å². The zero-order valence-electron chi connectivity index (χ0n) is 19.0. The summed E-state index contributed by atoms with van der Waals surface area (Å²) in [6, 6.07) is 7.20. The van der Waals surface area contributed by atoms with Crippen molar-refractivity contribution in [3.63, 3.8) is 0 Å². The fourth-order valence-electron chi connectivity index (χ4n) is 3.99. The van der Waals surface area contributed by atoms with Crippen LogP contribution in [-0.2, 0) is 13.0 Å². The second-order valence-corrected chi connectivity index (χ2v) is 8.48. The van der Waals surface area contributed by atoms with Gasteiger partial charge in [0.2, 0.25) is 0 Å². The molecule has 0 aromatic carbocycles. The van der Waals surface area contributed by atoms with Crippen molar-refractivity contribution in [2.24, 2.45) is 0 Å². The molecule has 0 bridgehead atoms. The van der Waals surface area contributed by atoms with Gasteiger partial charge >= 0.3 is 0 Å². The van der Waals surface area contributed by atoms with Gasteiger partial charge in [0, 0.05) is 50.5 Å². The third-order valence-corrected chi connectivity index (χ3v) is 5.98. The Morgan fingerprint density at radius 2 is 1.97 bits per heavy atom. The third kappa shape index (κ3) is 5.37. The van der Waals surface area contributed by atoms with Gasteiger partial charge in [0.05, 0.1) is 29.5 Å². The number of H-pyrrole nitrogens is 1. The number of rotatable bonds is 7. The van der Waals surface area contributed by atoms with E-state index in [9.17, 15) is 9.59 Å². The molecule has 3 aromatic heterocycles. The van der Waals surface area contributed by atoms with Crippen LogP contribution in [-0.4, -0.2) is 69.7 Å². The molecule has 33 heavy (non-hydrogen) atoms. The van der Waals surface area contributed by atoms with E-state index in [2.05, 4.69) is 30.1 Å². The Balaban J connectivity index is 1.34. The number of nitrogens with zero attached hydrogens (tertiary/aromatic N) is 4. The minimum atomic E-state index is -0.307. The number of amides is 1. The topological polar surface area (TPSA) is 114 Å². The molecule has 0 aliphatic carbocycles. The summed E-state index contributed by atoms with van der Waals surface area (Å²) < 4.78 is 0. The molecule has 0 radical (unpaired) electrons. The van der Waals surface area contributed by atoms with Crippen molar-refractivity contribution < 1.29 is 9.90 Å². The van der Waals surface area contributed by atoms with Crippen LogP contribution in [0.1, 0.15) is 35.5 Å². The van der Waals surface area contributed by atoms with Crippen LogP contribution in [0, 0.1) is 0 Å². The summed E-state index contributed by atoms with van der Waals surface area (Å²) in [4.78, 5) is 40.6. The first-order chi connectivity index (χ1) is 16.0. The molecule has 3 aromatic rings. The number of carbonyl (C=O) groups excluding carboxylic acids is 1. The maximum absolute atomic E-state index is 12.1. The first kappa shape index (κ1) is 22.9. The number of piperazine rings is 1. The first-order valence-electron chi connectivity index (χ1n) is 11.3. The number of nitrogens with one attached hydrogen (secondary N) is 2. The molecule has 1 aliphatic heterocycles. The SMILES string of the molecule is CCc1cc2ncc(CN3CCN(c4ccc(C(=O)NC(C)CO)nc4)CC3)cc2[nH]c1=O. The van der Waals surface area contributed by atoms with Crippen molar-refractivity contribution in [2.75, 3.05) is 37.7 Å². The van der Waals surface area contributed by atoms with Crippen molar-refractivity contribution in [3.8, 4) is 0 Å². The molecule has 1 aliphatic rings. The quantitative estimate of drug-likeness (QED) is 0.497. The second kappa shape index (κ2) is 10.1. The van der Waals surface area contributed by atoms with Crippen molar-refractivity contribution in [1.82, 2.24) is 25.2 Å². The number of pyridine rings is 3. The average molecular weight is 451 g/mol. The first-order valence-corrected chi connectivity index (χ1v) is 11.3. The number of aliphatic hydroxyl groups is 1. The molecule has 4 heterocycles. The molecular formula is C24H30N6O3. The molecule has 9 nitrogen and oxygen atoms in total. The van der Waals surface area contributed by atoms with Gasteiger partial charge in [0.1, 0.15) is 5.69 Å². The van der Waals surface area contributed by atoms with Gasteiger partial charge in [-0.15, -0.1) is 0 Å². The summed E-state index contributed by atoms with van der Waals surface area (Å²) >= 11 is 0. The predicted octanol–water partition coefficient (Wildman–Crippen LogP) is 1.31. The highest BCUT2D eigenvalue weighted by Gasteiger charge is 2.19. The zero-order valence-corrected chi connectivity index (χ0v) is 19.0. The van der Waals surface area contributed by atoms with E-state index in [1.807, 2.05) is 31.3 Å². The molecule has 1 saturated heterocycles. The number of hydrogen-bond donors (Lipinski definition) is 3. The number of aryl methyl sites for hydroxylation is 1. The lowest BCUT2D eigenvalue weighted by Crippen LogP contribution is -2.46. The van der Waals surface area contributed by atoms with Crippen molar-refractivity contribution >= 4 is 22.6 Å². The number of anilines is 1. The molecule has 9 heteroatoms. The largest absolute Gasteiger partial charge is 0.394 e. The van der Waals surface area contributed by atoms with Crippen molar-refractivity contribution in [3.05, 3.63) is 63.8 Å². The fourth-order valence-corrected chi connectivity index (χ4v) is 3.99. The summed E-state index contributed by atoms with van der Waals surface area (Å²) in [5, 5.41) is 11.8. The lowest BCUT2D eigenvalue weighted by atomic mass is 10.1. The van der Waals surface area contributed by atoms with Crippen LogP contribution in [0.15, 0.2) is 41.5 Å². The van der Waals surface area contributed by atoms with Gasteiger partial charge in [-0.1, -0.05) is 6.92 Å². The van der Waals surface area contributed by atoms with Crippen molar-refractivity contribution in [2.45, 2.75) is 32.9 Å². The van der Waals surface area contributed by atoms with E-state index in [1.54, 1.807) is 19.2 Å². The van der Waals surface area contributed by atoms with Gasteiger partial charge in [-0.05, 0) is 43.2 Å². The summed E-state index contributed by atoms with van der Waals surface area (Å²) in [6.07, 6.45) is 4.30. The molecule has 1 unspecified atom stereocenters. The van der Waals surface area contributed by atoms with Gasteiger partial charge in [-0.25, -0.2) is 4.98 Å². The molecular weight excluding hydrogens is 420 g/mol. The molecule has 3 N–H and O–H groups in total. The average Bonchev–Trinajstić information content (AvgIpc) is 2.84. The minimum Gasteiger partial charge on any atom is -0.394 e. The highest BCUT2D eigenvalue weighted by molar-refractivity contribution is 5.92. The molecule has 0 spiro atoms. The van der Waals surface area contributed by atoms with E-state index >= 15 is 0 Å². The van der Waals surface area contributed by atoms with Crippen LogP contribution >= 0.6 is 0 Å². The van der Waals surface area contributed by atoms with E-state index in [1.165, 1.54) is 0 Å². The highest BCUT2D eigenvalue weighted by atomic mass is 16.3. The fraction of sp³-hybridized carbons (Fsp3) is 0.417. The Morgan fingerprint density at radius 1 is 1.18 bits per heavy atom. The van der Waals surface area contributed by atoms with Gasteiger partial charge in [0.15, 0.2) is 0 Å². The standard InChI is InChI=1S/C24H30N6O3/c1-3-18-11-21-22(28-23(18)32)10-17(12-25-21)14-29-6-8-30(9-7-29)19-4-5-20(26-13-19)24(33)27-16(2)15-31/h4-5,10-13,16,31H,3,6-9,14-15H2,1-2H3,(H,27,33)(H,28,32). The molecule has 1 fully saturated rings. The maximum Gasteiger partial charge on any atom is 0.270 e. The number of aromatic nitrogens is 3. The van der Waals surface area contributed by atoms with Crippen LogP contribution in [0.4, 0.5) is 5.69 Å². The van der Waals surface area contributed by atoms with Crippen LogP contribution in [0.2, 0.25) is 0 Å². The molecule has 1 atom stereocenters. The van der Waals surface area contributed by atoms with Crippen LogP contribution in [0.3, 0.4) is 0 Å².